The minimum Gasteiger partial charge on any atom is -0.495 e. The fourth-order valence-electron chi connectivity index (χ4n) is 3.89. The van der Waals surface area contributed by atoms with Crippen molar-refractivity contribution in [1.29, 1.82) is 0 Å². The first-order valence-corrected chi connectivity index (χ1v) is 14.2. The molecule has 8 nitrogen and oxygen atoms in total. The summed E-state index contributed by atoms with van der Waals surface area (Å²) in [5.41, 5.74) is 1.30. The Morgan fingerprint density at radius 1 is 1.11 bits per heavy atom. The molecule has 1 atom stereocenters. The minimum atomic E-state index is -3.62. The number of nitrogens with one attached hydrogen (secondary N) is 1. The Bertz CT molecular complexity index is 1130. The summed E-state index contributed by atoms with van der Waals surface area (Å²) >= 11 is 6.20. The van der Waals surface area contributed by atoms with Crippen LogP contribution in [0.2, 0.25) is 5.02 Å². The van der Waals surface area contributed by atoms with Crippen LogP contribution in [0.4, 0.5) is 5.69 Å². The maximum atomic E-state index is 13.4. The number of carbonyl (C=O) groups is 2. The van der Waals surface area contributed by atoms with Crippen LogP contribution in [0.25, 0.3) is 0 Å². The lowest BCUT2D eigenvalue weighted by Gasteiger charge is -2.31. The van der Waals surface area contributed by atoms with E-state index in [4.69, 9.17) is 16.3 Å². The van der Waals surface area contributed by atoms with Crippen LogP contribution in [0, 0.1) is 0 Å². The summed E-state index contributed by atoms with van der Waals surface area (Å²) in [6.07, 6.45) is 1.91. The van der Waals surface area contributed by atoms with Gasteiger partial charge in [-0.15, -0.1) is 0 Å². The molecular formula is C26H36ClN3O5S. The van der Waals surface area contributed by atoms with E-state index in [0.29, 0.717) is 17.9 Å². The van der Waals surface area contributed by atoms with Crippen LogP contribution in [-0.2, 0) is 26.2 Å². The predicted octanol–water partition coefficient (Wildman–Crippen LogP) is 4.23. The van der Waals surface area contributed by atoms with Crippen LogP contribution in [0.15, 0.2) is 48.5 Å². The molecule has 2 amide bonds. The molecule has 36 heavy (non-hydrogen) atoms. The minimum absolute atomic E-state index is 0.0557. The Labute approximate surface area is 219 Å². The molecule has 0 saturated carbocycles. The van der Waals surface area contributed by atoms with Crippen molar-refractivity contribution in [3.8, 4) is 5.75 Å². The molecule has 0 heterocycles. The summed E-state index contributed by atoms with van der Waals surface area (Å²) < 4.78 is 31.4. The van der Waals surface area contributed by atoms with E-state index in [9.17, 15) is 18.0 Å². The fraction of sp³-hybridized carbons (Fsp3) is 0.462. The van der Waals surface area contributed by atoms with Gasteiger partial charge in [-0.25, -0.2) is 8.42 Å². The molecule has 2 rings (SSSR count). The highest BCUT2D eigenvalue weighted by atomic mass is 35.5. The molecule has 2 aromatic rings. The van der Waals surface area contributed by atoms with E-state index in [0.717, 1.165) is 11.8 Å². The number of carbonyl (C=O) groups excluding carboxylic acids is 2. The fourth-order valence-corrected chi connectivity index (χ4v) is 5.10. The maximum Gasteiger partial charge on any atom is 0.243 e. The van der Waals surface area contributed by atoms with Crippen molar-refractivity contribution < 1.29 is 22.7 Å². The zero-order chi connectivity index (χ0) is 26.9. The van der Waals surface area contributed by atoms with Crippen molar-refractivity contribution in [2.24, 2.45) is 0 Å². The molecule has 198 valence electrons. The zero-order valence-electron chi connectivity index (χ0n) is 21.5. The predicted molar refractivity (Wildman–Crippen MR) is 144 cm³/mol. The third-order valence-corrected chi connectivity index (χ3v) is 7.08. The molecule has 0 bridgehead atoms. The number of methoxy groups -OCH3 is 1. The average Bonchev–Trinajstić information content (AvgIpc) is 2.81. The summed E-state index contributed by atoms with van der Waals surface area (Å²) in [6, 6.07) is 13.5. The Morgan fingerprint density at radius 2 is 1.78 bits per heavy atom. The molecule has 0 fully saturated rings. The van der Waals surface area contributed by atoms with Gasteiger partial charge < -0.3 is 15.0 Å². The summed E-state index contributed by atoms with van der Waals surface area (Å²) in [6.45, 7) is 5.99. The van der Waals surface area contributed by atoms with E-state index in [1.165, 1.54) is 17.5 Å². The van der Waals surface area contributed by atoms with Gasteiger partial charge in [0.25, 0.3) is 0 Å². The lowest BCUT2D eigenvalue weighted by Crippen LogP contribution is -2.50. The van der Waals surface area contributed by atoms with Gasteiger partial charge in [0, 0.05) is 25.6 Å². The quantitative estimate of drug-likeness (QED) is 0.412. The molecule has 1 unspecified atom stereocenters. The number of sulfonamides is 1. The third kappa shape index (κ3) is 8.41. The van der Waals surface area contributed by atoms with Gasteiger partial charge in [0.1, 0.15) is 11.8 Å². The van der Waals surface area contributed by atoms with E-state index < -0.39 is 16.1 Å². The van der Waals surface area contributed by atoms with Crippen LogP contribution in [0.3, 0.4) is 0 Å². The average molecular weight is 538 g/mol. The second-order valence-corrected chi connectivity index (χ2v) is 11.2. The highest BCUT2D eigenvalue weighted by Gasteiger charge is 2.29. The standard InChI is InChI=1S/C26H36ClN3O5S/c1-6-23(26(32)28-19(2)3)29(18-20-11-8-7-9-12-20)25(31)13-10-16-30(36(5,33)34)21-14-15-24(35-4)22(27)17-21/h7-9,11-12,14-15,17,19,23H,6,10,13,16,18H2,1-5H3,(H,28,32). The van der Waals surface area contributed by atoms with Gasteiger partial charge in [0.15, 0.2) is 0 Å². The Kier molecular flexibility index (Phi) is 11.0. The molecular weight excluding hydrogens is 502 g/mol. The lowest BCUT2D eigenvalue weighted by molar-refractivity contribution is -0.141. The first-order valence-electron chi connectivity index (χ1n) is 11.9. The molecule has 0 saturated heterocycles. The molecule has 0 aliphatic rings. The van der Waals surface area contributed by atoms with E-state index in [-0.39, 0.29) is 48.8 Å². The molecule has 0 aliphatic heterocycles. The number of hydrogen-bond donors (Lipinski definition) is 1. The molecule has 0 aliphatic carbocycles. The van der Waals surface area contributed by atoms with E-state index >= 15 is 0 Å². The van der Waals surface area contributed by atoms with E-state index in [1.807, 2.05) is 51.1 Å². The number of ether oxygens (including phenoxy) is 1. The molecule has 0 radical (unpaired) electrons. The van der Waals surface area contributed by atoms with Crippen LogP contribution in [0.5, 0.6) is 5.75 Å². The summed E-state index contributed by atoms with van der Waals surface area (Å²) in [7, 11) is -2.14. The van der Waals surface area contributed by atoms with Crippen molar-refractivity contribution in [3.05, 3.63) is 59.1 Å². The van der Waals surface area contributed by atoms with E-state index in [2.05, 4.69) is 5.32 Å². The summed E-state index contributed by atoms with van der Waals surface area (Å²) in [5, 5.41) is 3.19. The van der Waals surface area contributed by atoms with Crippen LogP contribution >= 0.6 is 11.6 Å². The number of nitrogens with zero attached hydrogens (tertiary/aromatic N) is 2. The normalized spacial score (nSPS) is 12.2. The van der Waals surface area contributed by atoms with Gasteiger partial charge in [-0.2, -0.15) is 0 Å². The summed E-state index contributed by atoms with van der Waals surface area (Å²) in [5.74, 6) is 0.0131. The van der Waals surface area contributed by atoms with Crippen molar-refractivity contribution in [2.45, 2.75) is 58.7 Å². The molecule has 0 spiro atoms. The van der Waals surface area contributed by atoms with Gasteiger partial charge in [0.2, 0.25) is 21.8 Å². The van der Waals surface area contributed by atoms with Crippen molar-refractivity contribution in [1.82, 2.24) is 10.2 Å². The second kappa shape index (κ2) is 13.5. The van der Waals surface area contributed by atoms with Gasteiger partial charge >= 0.3 is 0 Å². The van der Waals surface area contributed by atoms with Crippen molar-refractivity contribution >= 4 is 39.1 Å². The summed E-state index contributed by atoms with van der Waals surface area (Å²) in [4.78, 5) is 27.9. The highest BCUT2D eigenvalue weighted by molar-refractivity contribution is 7.92. The number of hydrogen-bond acceptors (Lipinski definition) is 5. The Hall–Kier alpha value is -2.78. The first-order chi connectivity index (χ1) is 17.0. The highest BCUT2D eigenvalue weighted by Crippen LogP contribution is 2.30. The topological polar surface area (TPSA) is 96.0 Å². The molecule has 0 aromatic heterocycles. The Morgan fingerprint density at radius 3 is 2.31 bits per heavy atom. The second-order valence-electron chi connectivity index (χ2n) is 8.85. The number of benzene rings is 2. The third-order valence-electron chi connectivity index (χ3n) is 5.59. The van der Waals surface area contributed by atoms with Gasteiger partial charge in [-0.3, -0.25) is 13.9 Å². The molecule has 2 aromatic carbocycles. The van der Waals surface area contributed by atoms with Gasteiger partial charge in [-0.1, -0.05) is 48.9 Å². The Balaban J connectivity index is 2.21. The molecule has 10 heteroatoms. The van der Waals surface area contributed by atoms with Crippen molar-refractivity contribution in [2.75, 3.05) is 24.2 Å². The van der Waals surface area contributed by atoms with E-state index in [1.54, 1.807) is 17.0 Å². The lowest BCUT2D eigenvalue weighted by atomic mass is 10.1. The number of amides is 2. The van der Waals surface area contributed by atoms with Gasteiger partial charge in [-0.05, 0) is 50.5 Å². The SMILES string of the molecule is CCC(C(=O)NC(C)C)N(Cc1ccccc1)C(=O)CCCN(c1ccc(OC)c(Cl)c1)S(C)(=O)=O. The zero-order valence-corrected chi connectivity index (χ0v) is 23.1. The van der Waals surface area contributed by atoms with Crippen LogP contribution in [-0.4, -0.2) is 57.1 Å². The molecule has 1 N–H and O–H groups in total. The maximum absolute atomic E-state index is 13.4. The number of halogens is 1. The van der Waals surface area contributed by atoms with Crippen molar-refractivity contribution in [3.63, 3.8) is 0 Å². The smallest absolute Gasteiger partial charge is 0.243 e. The van der Waals surface area contributed by atoms with Crippen LogP contribution in [0.1, 0.15) is 45.6 Å². The number of anilines is 1. The first kappa shape index (κ1) is 29.5. The monoisotopic (exact) mass is 537 g/mol. The number of rotatable bonds is 13. The van der Waals surface area contributed by atoms with Crippen LogP contribution < -0.4 is 14.4 Å². The largest absolute Gasteiger partial charge is 0.495 e. The van der Waals surface area contributed by atoms with Gasteiger partial charge in [0.05, 0.1) is 24.1 Å².